The number of ether oxygens (including phenoxy) is 4. The molecule has 0 radical (unpaired) electrons. The Bertz CT molecular complexity index is 1710. The van der Waals surface area contributed by atoms with Crippen LogP contribution in [0.5, 0.6) is 0 Å². The van der Waals surface area contributed by atoms with Crippen molar-refractivity contribution in [1.82, 2.24) is 0 Å². The van der Waals surface area contributed by atoms with Crippen molar-refractivity contribution in [2.24, 2.45) is 0 Å². The van der Waals surface area contributed by atoms with E-state index in [0.717, 1.165) is 116 Å². The summed E-state index contributed by atoms with van der Waals surface area (Å²) in [6.07, 6.45) is 73.3. The van der Waals surface area contributed by atoms with Crippen molar-refractivity contribution < 1.29 is 42.9 Å². The minimum absolute atomic E-state index is 0.164. The highest BCUT2D eigenvalue weighted by molar-refractivity contribution is 5.71. The van der Waals surface area contributed by atoms with E-state index >= 15 is 0 Å². The molecule has 0 aromatic rings. The van der Waals surface area contributed by atoms with Crippen LogP contribution in [0, 0.1) is 0 Å². The first-order valence-electron chi connectivity index (χ1n) is 26.6. The third-order valence-electron chi connectivity index (χ3n) is 10.3. The Balaban J connectivity index is 4.41. The molecule has 0 aliphatic heterocycles. The van der Waals surface area contributed by atoms with E-state index in [0.29, 0.717) is 23.9 Å². The standard InChI is InChI=1S/C62H95NO8/c1-6-8-10-12-14-16-18-20-21-22-23-24-25-26-27-28-29-30-31-32-33-34-35-36-37-38-39-41-43-45-47-49-51-53-60(65)71-58(57-70-62(61(66)67)68-55-54-63(3,4)5)56-69-59(64)52-50-48-46-44-42-40-19-17-15-13-11-9-7-2/h8-11,14-17,20-21,23-24,26-27,29-30,32-33,35-36,38-40,42-43,45,58,62H,6-7,12-13,18-19,22,25,28,31,34,37,41,44,46-57H2,1-5H3/p+1/b10-8-,11-9-,16-14-,17-15-,21-20-,24-23-,27-26-,30-29-,33-32-,36-35-,39-38-,42-40-,45-43-. The molecule has 0 amide bonds. The first-order valence-corrected chi connectivity index (χ1v) is 26.6. The predicted molar refractivity (Wildman–Crippen MR) is 299 cm³/mol. The topological polar surface area (TPSA) is 108 Å². The molecule has 0 aliphatic rings. The molecular formula is C62H96NO8+. The van der Waals surface area contributed by atoms with Gasteiger partial charge in [0.25, 0.3) is 6.29 Å². The van der Waals surface area contributed by atoms with Crippen LogP contribution < -0.4 is 0 Å². The molecule has 0 bridgehead atoms. The summed E-state index contributed by atoms with van der Waals surface area (Å²) in [6, 6.07) is 0. The summed E-state index contributed by atoms with van der Waals surface area (Å²) in [5, 5.41) is 9.66. The second kappa shape index (κ2) is 51.3. The van der Waals surface area contributed by atoms with Gasteiger partial charge in [0.05, 0.1) is 34.4 Å². The number of carbonyl (C=O) groups is 3. The van der Waals surface area contributed by atoms with Gasteiger partial charge in [0, 0.05) is 12.8 Å². The Morgan fingerprint density at radius 1 is 0.423 bits per heavy atom. The minimum atomic E-state index is -1.54. The van der Waals surface area contributed by atoms with Gasteiger partial charge in [-0.3, -0.25) is 9.59 Å². The Hall–Kier alpha value is -5.09. The summed E-state index contributed by atoms with van der Waals surface area (Å²) in [6.45, 7) is 4.51. The maximum atomic E-state index is 12.8. The van der Waals surface area contributed by atoms with E-state index in [4.69, 9.17) is 18.9 Å². The smallest absolute Gasteiger partial charge is 0.361 e. The molecule has 2 unspecified atom stereocenters. The molecule has 71 heavy (non-hydrogen) atoms. The van der Waals surface area contributed by atoms with Gasteiger partial charge >= 0.3 is 17.9 Å². The van der Waals surface area contributed by atoms with Gasteiger partial charge in [-0.25, -0.2) is 4.79 Å². The van der Waals surface area contributed by atoms with Crippen LogP contribution in [0.25, 0.3) is 0 Å². The first kappa shape index (κ1) is 65.9. The van der Waals surface area contributed by atoms with Gasteiger partial charge in [0.1, 0.15) is 13.2 Å². The second-order valence-electron chi connectivity index (χ2n) is 18.1. The number of aliphatic carboxylic acids is 1. The number of likely N-dealkylation sites (N-methyl/N-ethyl adjacent to an activating group) is 1. The van der Waals surface area contributed by atoms with Crippen molar-refractivity contribution in [1.29, 1.82) is 0 Å². The number of hydrogen-bond acceptors (Lipinski definition) is 7. The molecule has 0 saturated carbocycles. The van der Waals surface area contributed by atoms with E-state index in [1.165, 1.54) is 0 Å². The van der Waals surface area contributed by atoms with Crippen molar-refractivity contribution in [3.05, 3.63) is 158 Å². The summed E-state index contributed by atoms with van der Waals surface area (Å²) >= 11 is 0. The van der Waals surface area contributed by atoms with Gasteiger partial charge in [-0.15, -0.1) is 0 Å². The van der Waals surface area contributed by atoms with E-state index < -0.39 is 30.3 Å². The van der Waals surface area contributed by atoms with Gasteiger partial charge in [0.15, 0.2) is 6.10 Å². The normalized spacial score (nSPS) is 14.1. The van der Waals surface area contributed by atoms with Crippen molar-refractivity contribution in [2.45, 2.75) is 167 Å². The quantitative estimate of drug-likeness (QED) is 0.0211. The number of nitrogens with zero attached hydrogens (tertiary/aromatic N) is 1. The van der Waals surface area contributed by atoms with Crippen molar-refractivity contribution in [3.63, 3.8) is 0 Å². The largest absolute Gasteiger partial charge is 0.477 e. The van der Waals surface area contributed by atoms with E-state index in [1.807, 2.05) is 21.1 Å². The van der Waals surface area contributed by atoms with Crippen LogP contribution in [0.1, 0.15) is 155 Å². The number of carboxylic acids is 1. The lowest BCUT2D eigenvalue weighted by atomic mass is 10.1. The van der Waals surface area contributed by atoms with E-state index in [2.05, 4.69) is 172 Å². The van der Waals surface area contributed by atoms with Gasteiger partial charge < -0.3 is 28.5 Å². The maximum Gasteiger partial charge on any atom is 0.361 e. The number of rotatable bonds is 46. The van der Waals surface area contributed by atoms with Gasteiger partial charge in [-0.1, -0.05) is 178 Å². The number of allylic oxidation sites excluding steroid dienone is 26. The van der Waals surface area contributed by atoms with Gasteiger partial charge in [-0.2, -0.15) is 0 Å². The number of hydrogen-bond donors (Lipinski definition) is 1. The summed E-state index contributed by atoms with van der Waals surface area (Å²) in [7, 11) is 5.92. The Kier molecular flexibility index (Phi) is 47.6. The number of esters is 2. The Labute approximate surface area is 432 Å². The average molecular weight is 983 g/mol. The predicted octanol–water partition coefficient (Wildman–Crippen LogP) is 15.4. The third kappa shape index (κ3) is 52.6. The van der Waals surface area contributed by atoms with Crippen LogP contribution in [0.2, 0.25) is 0 Å². The van der Waals surface area contributed by atoms with Crippen LogP contribution in [-0.2, 0) is 33.3 Å². The molecule has 0 rings (SSSR count). The van der Waals surface area contributed by atoms with Crippen molar-refractivity contribution in [3.8, 4) is 0 Å². The van der Waals surface area contributed by atoms with Gasteiger partial charge in [-0.05, 0) is 122 Å². The number of unbranched alkanes of at least 4 members (excludes halogenated alkanes) is 5. The first-order chi connectivity index (χ1) is 34.6. The fourth-order valence-corrected chi connectivity index (χ4v) is 6.23. The SMILES string of the molecule is CC/C=C\C/C=C\C/C=C\C/C=C\C/C=C\C/C=C\C/C=C\C/C=C\C/C=C\C/C=C\CCCCC(=O)OC(COC(=O)CCCCC/C=C\C/C=C\C/C=C\CC)COC(OCC[N+](C)(C)C)C(=O)O. The fourth-order valence-electron chi connectivity index (χ4n) is 6.23. The average Bonchev–Trinajstić information content (AvgIpc) is 3.34. The monoisotopic (exact) mass is 983 g/mol. The molecule has 0 fully saturated rings. The van der Waals surface area contributed by atoms with Crippen molar-refractivity contribution in [2.75, 3.05) is 47.5 Å². The lowest BCUT2D eigenvalue weighted by Gasteiger charge is -2.25. The van der Waals surface area contributed by atoms with Crippen LogP contribution in [0.3, 0.4) is 0 Å². The molecule has 2 atom stereocenters. The van der Waals surface area contributed by atoms with E-state index in [9.17, 15) is 19.5 Å². The Morgan fingerprint density at radius 2 is 0.761 bits per heavy atom. The highest BCUT2D eigenvalue weighted by atomic mass is 16.7. The zero-order chi connectivity index (χ0) is 52.0. The molecule has 0 aliphatic carbocycles. The molecule has 396 valence electrons. The maximum absolute atomic E-state index is 12.8. The fraction of sp³-hybridized carbons (Fsp3) is 0.532. The third-order valence-corrected chi connectivity index (χ3v) is 10.3. The summed E-state index contributed by atoms with van der Waals surface area (Å²) in [4.78, 5) is 37.2. The molecule has 0 saturated heterocycles. The van der Waals surface area contributed by atoms with Crippen LogP contribution in [-0.4, -0.2) is 87.4 Å². The Morgan fingerprint density at radius 3 is 1.13 bits per heavy atom. The second-order valence-corrected chi connectivity index (χ2v) is 18.1. The lowest BCUT2D eigenvalue weighted by Crippen LogP contribution is -2.40. The zero-order valence-corrected chi connectivity index (χ0v) is 44.8. The minimum Gasteiger partial charge on any atom is -0.477 e. The number of carboxylic acid groups (broad SMARTS) is 1. The summed E-state index contributed by atoms with van der Waals surface area (Å²) < 4.78 is 22.7. The lowest BCUT2D eigenvalue weighted by molar-refractivity contribution is -0.870. The van der Waals surface area contributed by atoms with Crippen molar-refractivity contribution >= 4 is 17.9 Å². The summed E-state index contributed by atoms with van der Waals surface area (Å²) in [5.74, 6) is -2.13. The highest BCUT2D eigenvalue weighted by Crippen LogP contribution is 2.10. The molecule has 0 aromatic carbocycles. The van der Waals surface area contributed by atoms with Crippen LogP contribution in [0.4, 0.5) is 0 Å². The van der Waals surface area contributed by atoms with Gasteiger partial charge in [0.2, 0.25) is 0 Å². The van der Waals surface area contributed by atoms with Crippen LogP contribution >= 0.6 is 0 Å². The highest BCUT2D eigenvalue weighted by Gasteiger charge is 2.25. The summed E-state index contributed by atoms with van der Waals surface area (Å²) in [5.41, 5.74) is 0. The molecule has 0 heterocycles. The molecule has 1 N–H and O–H groups in total. The van der Waals surface area contributed by atoms with E-state index in [1.54, 1.807) is 0 Å². The molecule has 0 aromatic heterocycles. The zero-order valence-electron chi connectivity index (χ0n) is 44.8. The number of quaternary nitrogens is 1. The van der Waals surface area contributed by atoms with Crippen LogP contribution in [0.15, 0.2) is 158 Å². The molecule has 9 heteroatoms. The van der Waals surface area contributed by atoms with E-state index in [-0.39, 0.29) is 32.7 Å². The molecular weight excluding hydrogens is 887 g/mol. The molecule has 9 nitrogen and oxygen atoms in total. The number of carbonyl (C=O) groups excluding carboxylic acids is 2. The molecule has 0 spiro atoms.